The second-order valence-corrected chi connectivity index (χ2v) is 7.55. The van der Waals surface area contributed by atoms with Crippen LogP contribution in [0.15, 0.2) is 53.3 Å². The fourth-order valence-corrected chi connectivity index (χ4v) is 3.38. The van der Waals surface area contributed by atoms with Crippen LogP contribution in [0.2, 0.25) is 0 Å². The molecule has 2 aromatic carbocycles. The zero-order chi connectivity index (χ0) is 20.3. The number of hydrogen-bond acceptors (Lipinski definition) is 3. The standard InChI is InChI=1S/C23H27N3O2/c1-5-26-23(28)20-9-7-6-8-19(20)21(25-26)22(27)24-16(4)18-12-10-17(11-13-18)14-15(2)3/h6-13,15-16H,5,14H2,1-4H3,(H,24,27). The molecule has 1 N–H and O–H groups in total. The molecule has 0 bridgehead atoms. The van der Waals surface area contributed by atoms with Gasteiger partial charge in [0.2, 0.25) is 0 Å². The highest BCUT2D eigenvalue weighted by Crippen LogP contribution is 2.18. The lowest BCUT2D eigenvalue weighted by molar-refractivity contribution is 0.0934. The summed E-state index contributed by atoms with van der Waals surface area (Å²) in [6.45, 7) is 8.60. The molecule has 0 aliphatic heterocycles. The summed E-state index contributed by atoms with van der Waals surface area (Å²) in [6.07, 6.45) is 1.04. The lowest BCUT2D eigenvalue weighted by Gasteiger charge is -2.16. The van der Waals surface area contributed by atoms with Crippen molar-refractivity contribution in [1.29, 1.82) is 0 Å². The molecule has 0 saturated heterocycles. The van der Waals surface area contributed by atoms with Gasteiger partial charge >= 0.3 is 0 Å². The summed E-state index contributed by atoms with van der Waals surface area (Å²) in [5.41, 5.74) is 2.43. The summed E-state index contributed by atoms with van der Waals surface area (Å²) in [7, 11) is 0. The molecule has 5 heteroatoms. The van der Waals surface area contributed by atoms with Gasteiger partial charge in [0.25, 0.3) is 11.5 Å². The summed E-state index contributed by atoms with van der Waals surface area (Å²) in [6, 6.07) is 15.3. The van der Waals surface area contributed by atoms with Crippen molar-refractivity contribution in [3.8, 4) is 0 Å². The van der Waals surface area contributed by atoms with Crippen molar-refractivity contribution in [2.24, 2.45) is 5.92 Å². The molecule has 1 aromatic heterocycles. The number of aromatic nitrogens is 2. The molecule has 0 radical (unpaired) electrons. The number of fused-ring (bicyclic) bond motifs is 1. The summed E-state index contributed by atoms with van der Waals surface area (Å²) in [4.78, 5) is 25.4. The number of carbonyl (C=O) groups is 1. The maximum Gasteiger partial charge on any atom is 0.274 e. The van der Waals surface area contributed by atoms with Crippen LogP contribution in [-0.2, 0) is 13.0 Å². The lowest BCUT2D eigenvalue weighted by Crippen LogP contribution is -2.31. The highest BCUT2D eigenvalue weighted by atomic mass is 16.2. The first-order valence-electron chi connectivity index (χ1n) is 9.80. The van der Waals surface area contributed by atoms with Crippen LogP contribution >= 0.6 is 0 Å². The van der Waals surface area contributed by atoms with Crippen LogP contribution < -0.4 is 10.9 Å². The van der Waals surface area contributed by atoms with Crippen LogP contribution in [-0.4, -0.2) is 15.7 Å². The van der Waals surface area contributed by atoms with Crippen LogP contribution in [0.1, 0.15) is 55.4 Å². The number of carbonyl (C=O) groups excluding carboxylic acids is 1. The summed E-state index contributed by atoms with van der Waals surface area (Å²) < 4.78 is 1.34. The normalized spacial score (nSPS) is 12.3. The predicted octanol–water partition coefficient (Wildman–Crippen LogP) is 4.11. The third-order valence-corrected chi connectivity index (χ3v) is 4.85. The van der Waals surface area contributed by atoms with E-state index in [4.69, 9.17) is 0 Å². The molecule has 0 saturated carbocycles. The maximum atomic E-state index is 12.9. The maximum absolute atomic E-state index is 12.9. The first kappa shape index (κ1) is 19.8. The van der Waals surface area contributed by atoms with Crippen LogP contribution in [0, 0.1) is 5.92 Å². The molecule has 146 valence electrons. The SMILES string of the molecule is CCn1nc(C(=O)NC(C)c2ccc(CC(C)C)cc2)c2ccccc2c1=O. The monoisotopic (exact) mass is 377 g/mol. The van der Waals surface area contributed by atoms with E-state index in [1.807, 2.05) is 19.9 Å². The topological polar surface area (TPSA) is 64.0 Å². The van der Waals surface area contributed by atoms with E-state index in [1.165, 1.54) is 10.2 Å². The van der Waals surface area contributed by atoms with E-state index in [-0.39, 0.29) is 23.2 Å². The van der Waals surface area contributed by atoms with Gasteiger partial charge < -0.3 is 5.32 Å². The second-order valence-electron chi connectivity index (χ2n) is 7.55. The molecule has 1 atom stereocenters. The zero-order valence-corrected chi connectivity index (χ0v) is 16.9. The van der Waals surface area contributed by atoms with Gasteiger partial charge in [-0.25, -0.2) is 4.68 Å². The average Bonchev–Trinajstić information content (AvgIpc) is 2.68. The van der Waals surface area contributed by atoms with Crippen molar-refractivity contribution >= 4 is 16.7 Å². The van der Waals surface area contributed by atoms with Crippen LogP contribution in [0.5, 0.6) is 0 Å². The third kappa shape index (κ3) is 4.14. The molecular weight excluding hydrogens is 350 g/mol. The van der Waals surface area contributed by atoms with Crippen LogP contribution in [0.4, 0.5) is 0 Å². The van der Waals surface area contributed by atoms with Gasteiger partial charge in [-0.2, -0.15) is 5.10 Å². The van der Waals surface area contributed by atoms with Gasteiger partial charge in [0.15, 0.2) is 5.69 Å². The third-order valence-electron chi connectivity index (χ3n) is 4.85. The summed E-state index contributed by atoms with van der Waals surface area (Å²) in [5, 5.41) is 8.41. The van der Waals surface area contributed by atoms with E-state index in [2.05, 4.69) is 48.5 Å². The van der Waals surface area contributed by atoms with E-state index in [9.17, 15) is 9.59 Å². The zero-order valence-electron chi connectivity index (χ0n) is 16.9. The van der Waals surface area contributed by atoms with Gasteiger partial charge in [0.1, 0.15) is 0 Å². The Labute approximate surface area is 165 Å². The van der Waals surface area contributed by atoms with E-state index < -0.39 is 0 Å². The highest BCUT2D eigenvalue weighted by molar-refractivity contribution is 6.04. The number of amides is 1. The lowest BCUT2D eigenvalue weighted by atomic mass is 10.00. The van der Waals surface area contributed by atoms with Gasteiger partial charge in [-0.1, -0.05) is 56.3 Å². The number of nitrogens with zero attached hydrogens (tertiary/aromatic N) is 2. The Morgan fingerprint density at radius 2 is 1.68 bits per heavy atom. The molecule has 5 nitrogen and oxygen atoms in total. The molecule has 0 fully saturated rings. The number of rotatable bonds is 6. The van der Waals surface area contributed by atoms with E-state index in [0.29, 0.717) is 23.2 Å². The Bertz CT molecular complexity index is 1040. The summed E-state index contributed by atoms with van der Waals surface area (Å²) in [5.74, 6) is 0.328. The Morgan fingerprint density at radius 1 is 1.04 bits per heavy atom. The molecule has 1 amide bonds. The van der Waals surface area contributed by atoms with Gasteiger partial charge in [-0.15, -0.1) is 0 Å². The molecule has 0 aliphatic carbocycles. The molecular formula is C23H27N3O2. The van der Waals surface area contributed by atoms with Crippen molar-refractivity contribution in [3.05, 3.63) is 75.7 Å². The Hall–Kier alpha value is -2.95. The molecule has 0 spiro atoms. The van der Waals surface area contributed by atoms with Gasteiger partial charge in [0.05, 0.1) is 11.4 Å². The summed E-state index contributed by atoms with van der Waals surface area (Å²) >= 11 is 0. The minimum atomic E-state index is -0.280. The minimum Gasteiger partial charge on any atom is -0.344 e. The first-order valence-corrected chi connectivity index (χ1v) is 9.80. The highest BCUT2D eigenvalue weighted by Gasteiger charge is 2.18. The second kappa shape index (κ2) is 8.38. The predicted molar refractivity (Wildman–Crippen MR) is 113 cm³/mol. The van der Waals surface area contributed by atoms with Crippen molar-refractivity contribution in [1.82, 2.24) is 15.1 Å². The number of hydrogen-bond donors (Lipinski definition) is 1. The number of nitrogens with one attached hydrogen (secondary N) is 1. The van der Waals surface area contributed by atoms with Crippen molar-refractivity contribution in [2.45, 2.75) is 46.7 Å². The van der Waals surface area contributed by atoms with E-state index in [1.54, 1.807) is 18.2 Å². The molecule has 1 heterocycles. The van der Waals surface area contributed by atoms with Crippen molar-refractivity contribution in [2.75, 3.05) is 0 Å². The molecule has 0 aliphatic rings. The fourth-order valence-electron chi connectivity index (χ4n) is 3.38. The van der Waals surface area contributed by atoms with Gasteiger partial charge in [0, 0.05) is 11.9 Å². The number of aryl methyl sites for hydroxylation is 1. The fraction of sp³-hybridized carbons (Fsp3) is 0.348. The average molecular weight is 377 g/mol. The first-order chi connectivity index (χ1) is 13.4. The Kier molecular flexibility index (Phi) is 5.93. The molecule has 28 heavy (non-hydrogen) atoms. The van der Waals surface area contributed by atoms with Crippen LogP contribution in [0.25, 0.3) is 10.8 Å². The van der Waals surface area contributed by atoms with E-state index >= 15 is 0 Å². The van der Waals surface area contributed by atoms with E-state index in [0.717, 1.165) is 12.0 Å². The smallest absolute Gasteiger partial charge is 0.274 e. The van der Waals surface area contributed by atoms with Crippen molar-refractivity contribution < 1.29 is 4.79 Å². The van der Waals surface area contributed by atoms with Gasteiger partial charge in [-0.3, -0.25) is 9.59 Å². The quantitative estimate of drug-likeness (QED) is 0.703. The Morgan fingerprint density at radius 3 is 2.29 bits per heavy atom. The Balaban J connectivity index is 1.87. The largest absolute Gasteiger partial charge is 0.344 e. The van der Waals surface area contributed by atoms with Crippen molar-refractivity contribution in [3.63, 3.8) is 0 Å². The molecule has 3 aromatic rings. The van der Waals surface area contributed by atoms with Gasteiger partial charge in [-0.05, 0) is 43.4 Å². The number of benzene rings is 2. The molecule has 1 unspecified atom stereocenters. The van der Waals surface area contributed by atoms with Crippen LogP contribution in [0.3, 0.4) is 0 Å². The molecule has 3 rings (SSSR count). The minimum absolute atomic E-state index is 0.164.